The first-order chi connectivity index (χ1) is 15.0. The van der Waals surface area contributed by atoms with E-state index in [0.717, 1.165) is 16.4 Å². The van der Waals surface area contributed by atoms with E-state index < -0.39 is 0 Å². The van der Waals surface area contributed by atoms with E-state index >= 15 is 0 Å². The smallest absolute Gasteiger partial charge is 0.292 e. The molecule has 0 atom stereocenters. The molecule has 1 aliphatic heterocycles. The van der Waals surface area contributed by atoms with Crippen LogP contribution in [0.2, 0.25) is 0 Å². The molecule has 2 aromatic carbocycles. The molecule has 8 nitrogen and oxygen atoms in total. The number of benzene rings is 2. The van der Waals surface area contributed by atoms with Crippen LogP contribution in [0.3, 0.4) is 0 Å². The summed E-state index contributed by atoms with van der Waals surface area (Å²) in [4.78, 5) is 31.9. The van der Waals surface area contributed by atoms with Crippen LogP contribution in [0.25, 0.3) is 11.3 Å². The number of thioether (sulfide) groups is 1. The number of hydrogen-bond donors (Lipinski definition) is 0. The maximum Gasteiger partial charge on any atom is 0.292 e. The van der Waals surface area contributed by atoms with Gasteiger partial charge in [0.05, 0.1) is 22.6 Å². The number of amides is 1. The van der Waals surface area contributed by atoms with Crippen LogP contribution in [-0.2, 0) is 11.8 Å². The van der Waals surface area contributed by atoms with Gasteiger partial charge in [0.1, 0.15) is 5.69 Å². The Morgan fingerprint density at radius 3 is 2.45 bits per heavy atom. The Balaban J connectivity index is 1.33. The number of nitro benzene ring substituents is 1. The van der Waals surface area contributed by atoms with Crippen LogP contribution >= 0.6 is 11.8 Å². The highest BCUT2D eigenvalue weighted by Gasteiger charge is 2.25. The number of para-hydroxylation sites is 2. The van der Waals surface area contributed by atoms with E-state index in [-0.39, 0.29) is 16.5 Å². The van der Waals surface area contributed by atoms with Gasteiger partial charge in [0.25, 0.3) is 5.69 Å². The van der Waals surface area contributed by atoms with E-state index in [1.54, 1.807) is 18.2 Å². The summed E-state index contributed by atoms with van der Waals surface area (Å²) in [7, 11) is 1.95. The van der Waals surface area contributed by atoms with Crippen molar-refractivity contribution in [1.82, 2.24) is 14.5 Å². The normalized spacial score (nSPS) is 14.0. The van der Waals surface area contributed by atoms with Crippen molar-refractivity contribution < 1.29 is 9.72 Å². The number of rotatable bonds is 6. The second kappa shape index (κ2) is 9.22. The summed E-state index contributed by atoms with van der Waals surface area (Å²) in [5.74, 6) is 0.362. The van der Waals surface area contributed by atoms with Crippen LogP contribution in [0.1, 0.15) is 0 Å². The Labute approximate surface area is 184 Å². The lowest BCUT2D eigenvalue weighted by Crippen LogP contribution is -2.49. The predicted molar refractivity (Wildman–Crippen MR) is 121 cm³/mol. The van der Waals surface area contributed by atoms with Crippen molar-refractivity contribution in [2.24, 2.45) is 7.05 Å². The molecule has 3 aromatic rings. The topological polar surface area (TPSA) is 84.5 Å². The molecule has 1 saturated heterocycles. The van der Waals surface area contributed by atoms with E-state index in [1.165, 1.54) is 17.8 Å². The van der Waals surface area contributed by atoms with Crippen molar-refractivity contribution in [2.75, 3.05) is 36.8 Å². The van der Waals surface area contributed by atoms with Crippen LogP contribution in [0.15, 0.2) is 66.0 Å². The van der Waals surface area contributed by atoms with Crippen LogP contribution in [-0.4, -0.2) is 57.2 Å². The maximum atomic E-state index is 12.7. The Kier molecular flexibility index (Phi) is 6.22. The lowest BCUT2D eigenvalue weighted by atomic mass is 10.2. The first-order valence-electron chi connectivity index (χ1n) is 10.0. The number of nitrogens with zero attached hydrogens (tertiary/aromatic N) is 5. The zero-order chi connectivity index (χ0) is 21.8. The summed E-state index contributed by atoms with van der Waals surface area (Å²) in [6.45, 7) is 2.23. The SMILES string of the molecule is Cn1c(-c2ccccc2)cnc1SCC(=O)N1CCN(c2ccccc2[N+](=O)[O-])CC1. The average molecular weight is 438 g/mol. The van der Waals surface area contributed by atoms with Crippen molar-refractivity contribution in [1.29, 1.82) is 0 Å². The van der Waals surface area contributed by atoms with Gasteiger partial charge in [-0.2, -0.15) is 0 Å². The molecule has 4 rings (SSSR count). The fourth-order valence-corrected chi connectivity index (χ4v) is 4.56. The van der Waals surface area contributed by atoms with E-state index in [0.29, 0.717) is 37.6 Å². The summed E-state index contributed by atoms with van der Waals surface area (Å²) in [6, 6.07) is 16.8. The molecule has 160 valence electrons. The first-order valence-corrected chi connectivity index (χ1v) is 11.0. The van der Waals surface area contributed by atoms with Crippen LogP contribution in [0.5, 0.6) is 0 Å². The highest BCUT2D eigenvalue weighted by molar-refractivity contribution is 7.99. The molecule has 0 unspecified atom stereocenters. The molecule has 0 N–H and O–H groups in total. The molecule has 1 aromatic heterocycles. The third-order valence-electron chi connectivity index (χ3n) is 5.39. The number of carbonyl (C=O) groups excluding carboxylic acids is 1. The molecule has 1 aliphatic rings. The number of piperazine rings is 1. The number of anilines is 1. The standard InChI is InChI=1S/C22H23N5O3S/c1-24-20(17-7-3-2-4-8-17)15-23-22(24)31-16-21(28)26-13-11-25(12-14-26)18-9-5-6-10-19(18)27(29)30/h2-10,15H,11-14,16H2,1H3. The van der Waals surface area contributed by atoms with Gasteiger partial charge in [-0.15, -0.1) is 0 Å². The van der Waals surface area contributed by atoms with Crippen molar-refractivity contribution in [3.05, 3.63) is 70.9 Å². The number of nitro groups is 1. The molecular weight excluding hydrogens is 414 g/mol. The molecule has 2 heterocycles. The van der Waals surface area contributed by atoms with Crippen molar-refractivity contribution in [3.8, 4) is 11.3 Å². The van der Waals surface area contributed by atoms with Gasteiger partial charge >= 0.3 is 0 Å². The van der Waals surface area contributed by atoms with E-state index in [1.807, 2.05) is 57.9 Å². The molecule has 0 spiro atoms. The lowest BCUT2D eigenvalue weighted by molar-refractivity contribution is -0.384. The summed E-state index contributed by atoms with van der Waals surface area (Å²) in [6.07, 6.45) is 1.83. The summed E-state index contributed by atoms with van der Waals surface area (Å²) in [5, 5.41) is 12.1. The Hall–Kier alpha value is -3.33. The van der Waals surface area contributed by atoms with Crippen LogP contribution in [0, 0.1) is 10.1 Å². The van der Waals surface area contributed by atoms with Crippen LogP contribution in [0.4, 0.5) is 11.4 Å². The van der Waals surface area contributed by atoms with Gasteiger partial charge in [-0.05, 0) is 11.6 Å². The molecular formula is C22H23N5O3S. The van der Waals surface area contributed by atoms with Crippen molar-refractivity contribution >= 4 is 29.0 Å². The Bertz CT molecular complexity index is 1080. The van der Waals surface area contributed by atoms with E-state index in [9.17, 15) is 14.9 Å². The Morgan fingerprint density at radius 1 is 1.06 bits per heavy atom. The molecule has 9 heteroatoms. The minimum Gasteiger partial charge on any atom is -0.362 e. The van der Waals surface area contributed by atoms with Crippen molar-refractivity contribution in [2.45, 2.75) is 5.16 Å². The lowest BCUT2D eigenvalue weighted by Gasteiger charge is -2.35. The van der Waals surface area contributed by atoms with Crippen LogP contribution < -0.4 is 4.90 Å². The molecule has 1 fully saturated rings. The number of aromatic nitrogens is 2. The van der Waals surface area contributed by atoms with Gasteiger partial charge in [0.15, 0.2) is 5.16 Å². The second-order valence-corrected chi connectivity index (χ2v) is 8.20. The third-order valence-corrected chi connectivity index (χ3v) is 6.42. The average Bonchev–Trinajstić information content (AvgIpc) is 3.18. The number of hydrogen-bond acceptors (Lipinski definition) is 6. The third kappa shape index (κ3) is 4.56. The minimum absolute atomic E-state index is 0.0523. The molecule has 0 radical (unpaired) electrons. The summed E-state index contributed by atoms with van der Waals surface area (Å²) in [5.41, 5.74) is 2.80. The molecule has 31 heavy (non-hydrogen) atoms. The van der Waals surface area contributed by atoms with E-state index in [2.05, 4.69) is 4.98 Å². The molecule has 0 bridgehead atoms. The highest BCUT2D eigenvalue weighted by Crippen LogP contribution is 2.29. The summed E-state index contributed by atoms with van der Waals surface area (Å²) >= 11 is 1.43. The monoisotopic (exact) mass is 437 g/mol. The quantitative estimate of drug-likeness (QED) is 0.334. The number of imidazole rings is 1. The highest BCUT2D eigenvalue weighted by atomic mass is 32.2. The fraction of sp³-hybridized carbons (Fsp3) is 0.273. The van der Waals surface area contributed by atoms with Gasteiger partial charge in [-0.1, -0.05) is 54.2 Å². The fourth-order valence-electron chi connectivity index (χ4n) is 3.70. The summed E-state index contributed by atoms with van der Waals surface area (Å²) < 4.78 is 2.00. The molecule has 0 aliphatic carbocycles. The zero-order valence-corrected chi connectivity index (χ0v) is 18.0. The van der Waals surface area contributed by atoms with Gasteiger partial charge in [0.2, 0.25) is 5.91 Å². The van der Waals surface area contributed by atoms with Crippen molar-refractivity contribution in [3.63, 3.8) is 0 Å². The molecule has 1 amide bonds. The number of carbonyl (C=O) groups is 1. The second-order valence-electron chi connectivity index (χ2n) is 7.25. The van der Waals surface area contributed by atoms with Gasteiger partial charge < -0.3 is 14.4 Å². The van der Waals surface area contributed by atoms with Gasteiger partial charge in [-0.3, -0.25) is 14.9 Å². The Morgan fingerprint density at radius 2 is 1.74 bits per heavy atom. The van der Waals surface area contributed by atoms with E-state index in [4.69, 9.17) is 0 Å². The van der Waals surface area contributed by atoms with Gasteiger partial charge in [0, 0.05) is 39.3 Å². The largest absolute Gasteiger partial charge is 0.362 e. The van der Waals surface area contributed by atoms with Gasteiger partial charge in [-0.25, -0.2) is 4.98 Å². The molecule has 0 saturated carbocycles. The maximum absolute atomic E-state index is 12.7. The predicted octanol–water partition coefficient (Wildman–Crippen LogP) is 3.44. The minimum atomic E-state index is -0.361. The zero-order valence-electron chi connectivity index (χ0n) is 17.2. The first kappa shape index (κ1) is 20.9.